The smallest absolute Gasteiger partial charge is 0.0589 e. The molecule has 0 radical (unpaired) electrons. The Labute approximate surface area is 98.7 Å². The first-order valence-corrected chi connectivity index (χ1v) is 5.34. The number of aromatic nitrogens is 1. The summed E-state index contributed by atoms with van der Waals surface area (Å²) >= 11 is 11.7. The summed E-state index contributed by atoms with van der Waals surface area (Å²) in [6.45, 7) is 0. The molecule has 0 aliphatic carbocycles. The largest absolute Gasteiger partial charge is 0.259 e. The number of halogens is 2. The molecule has 0 aliphatic rings. The Morgan fingerprint density at radius 2 is 1.87 bits per heavy atom. The van der Waals surface area contributed by atoms with Crippen molar-refractivity contribution < 1.29 is 0 Å². The van der Waals surface area contributed by atoms with Gasteiger partial charge in [0.25, 0.3) is 0 Å². The molecule has 76 valence electrons. The summed E-state index contributed by atoms with van der Waals surface area (Å²) in [5, 5.41) is 1.41. The van der Waals surface area contributed by atoms with E-state index in [1.807, 2.05) is 36.4 Å². The molecule has 0 atom stereocenters. The van der Waals surface area contributed by atoms with Crippen LogP contribution in [0.2, 0.25) is 10.0 Å². The summed E-state index contributed by atoms with van der Waals surface area (Å²) in [7, 11) is 0. The molecule has 0 fully saturated rings. The fourth-order valence-electron chi connectivity index (χ4n) is 1.37. The molecular weight excluding hydrogens is 229 g/mol. The Balaban J connectivity index is 2.18. The van der Waals surface area contributed by atoms with E-state index < -0.39 is 0 Å². The topological polar surface area (TPSA) is 12.9 Å². The van der Waals surface area contributed by atoms with Crippen LogP contribution in [0.4, 0.5) is 0 Å². The zero-order valence-electron chi connectivity index (χ0n) is 7.95. The van der Waals surface area contributed by atoms with Gasteiger partial charge in [0.05, 0.1) is 5.02 Å². The van der Waals surface area contributed by atoms with Crippen molar-refractivity contribution in [3.8, 4) is 0 Å². The molecule has 0 saturated carbocycles. The van der Waals surface area contributed by atoms with E-state index >= 15 is 0 Å². The number of hydrogen-bond donors (Lipinski definition) is 0. The van der Waals surface area contributed by atoms with Crippen molar-refractivity contribution in [2.24, 2.45) is 0 Å². The maximum absolute atomic E-state index is 5.89. The second-order valence-electron chi connectivity index (χ2n) is 3.27. The molecule has 1 aromatic carbocycles. The Kier molecular flexibility index (Phi) is 3.24. The highest BCUT2D eigenvalue weighted by atomic mass is 35.5. The van der Waals surface area contributed by atoms with Crippen LogP contribution in [0, 0.1) is 0 Å². The molecule has 15 heavy (non-hydrogen) atoms. The van der Waals surface area contributed by atoms with Crippen LogP contribution in [-0.4, -0.2) is 4.98 Å². The maximum atomic E-state index is 5.89. The van der Waals surface area contributed by atoms with Crippen molar-refractivity contribution >= 4 is 23.2 Å². The van der Waals surface area contributed by atoms with Gasteiger partial charge in [-0.3, -0.25) is 4.98 Å². The van der Waals surface area contributed by atoms with Crippen LogP contribution in [0.5, 0.6) is 0 Å². The Morgan fingerprint density at radius 3 is 2.53 bits per heavy atom. The van der Waals surface area contributed by atoms with Crippen LogP contribution in [0.1, 0.15) is 11.3 Å². The molecule has 3 heteroatoms. The van der Waals surface area contributed by atoms with Crippen LogP contribution in [0.15, 0.2) is 42.6 Å². The highest BCUT2D eigenvalue weighted by Crippen LogP contribution is 2.14. The van der Waals surface area contributed by atoms with Gasteiger partial charge in [-0.05, 0) is 29.8 Å². The normalized spacial score (nSPS) is 10.3. The fourth-order valence-corrected chi connectivity index (χ4v) is 1.69. The second-order valence-corrected chi connectivity index (χ2v) is 4.15. The Bertz CT molecular complexity index is 451. The molecule has 1 nitrogen and oxygen atoms in total. The monoisotopic (exact) mass is 237 g/mol. The van der Waals surface area contributed by atoms with Gasteiger partial charge in [0.15, 0.2) is 0 Å². The third-order valence-corrected chi connectivity index (χ3v) is 2.52. The highest BCUT2D eigenvalue weighted by Gasteiger charge is 1.98. The van der Waals surface area contributed by atoms with Gasteiger partial charge in [0.2, 0.25) is 0 Å². The van der Waals surface area contributed by atoms with Crippen LogP contribution < -0.4 is 0 Å². The zero-order valence-corrected chi connectivity index (χ0v) is 9.46. The standard InChI is InChI=1S/C12H9Cl2N/c13-10-3-1-2-9(6-10)7-12-5-4-11(14)8-15-12/h1-6,8H,7H2. The lowest BCUT2D eigenvalue weighted by molar-refractivity contribution is 1.07. The van der Waals surface area contributed by atoms with Crippen molar-refractivity contribution in [3.63, 3.8) is 0 Å². The molecule has 0 aliphatic heterocycles. The highest BCUT2D eigenvalue weighted by molar-refractivity contribution is 6.30. The molecule has 0 spiro atoms. The predicted molar refractivity (Wildman–Crippen MR) is 63.5 cm³/mol. The molecule has 2 aromatic rings. The predicted octanol–water partition coefficient (Wildman–Crippen LogP) is 3.98. The summed E-state index contributed by atoms with van der Waals surface area (Å²) in [6.07, 6.45) is 2.43. The zero-order chi connectivity index (χ0) is 10.7. The van der Waals surface area contributed by atoms with E-state index in [0.717, 1.165) is 22.7 Å². The molecular formula is C12H9Cl2N. The van der Waals surface area contributed by atoms with Gasteiger partial charge in [0, 0.05) is 23.3 Å². The van der Waals surface area contributed by atoms with E-state index in [9.17, 15) is 0 Å². The van der Waals surface area contributed by atoms with E-state index in [-0.39, 0.29) is 0 Å². The minimum Gasteiger partial charge on any atom is -0.259 e. The lowest BCUT2D eigenvalue weighted by atomic mass is 10.1. The lowest BCUT2D eigenvalue weighted by Gasteiger charge is -2.01. The first-order valence-electron chi connectivity index (χ1n) is 4.59. The number of benzene rings is 1. The lowest BCUT2D eigenvalue weighted by Crippen LogP contribution is -1.91. The summed E-state index contributed by atoms with van der Waals surface area (Å²) in [5.41, 5.74) is 2.14. The molecule has 1 aromatic heterocycles. The summed E-state index contributed by atoms with van der Waals surface area (Å²) < 4.78 is 0. The van der Waals surface area contributed by atoms with E-state index in [4.69, 9.17) is 23.2 Å². The number of hydrogen-bond acceptors (Lipinski definition) is 1. The van der Waals surface area contributed by atoms with Crippen molar-refractivity contribution in [2.45, 2.75) is 6.42 Å². The van der Waals surface area contributed by atoms with Crippen LogP contribution in [0.3, 0.4) is 0 Å². The van der Waals surface area contributed by atoms with Gasteiger partial charge in [-0.15, -0.1) is 0 Å². The van der Waals surface area contributed by atoms with Gasteiger partial charge in [-0.1, -0.05) is 35.3 Å². The van der Waals surface area contributed by atoms with Gasteiger partial charge < -0.3 is 0 Å². The average Bonchev–Trinajstić information content (AvgIpc) is 2.22. The molecule has 0 saturated heterocycles. The number of nitrogens with zero attached hydrogens (tertiary/aromatic N) is 1. The van der Waals surface area contributed by atoms with Crippen molar-refractivity contribution in [1.29, 1.82) is 0 Å². The van der Waals surface area contributed by atoms with E-state index in [2.05, 4.69) is 4.98 Å². The van der Waals surface area contributed by atoms with Crippen LogP contribution in [-0.2, 0) is 6.42 Å². The number of rotatable bonds is 2. The van der Waals surface area contributed by atoms with Crippen LogP contribution in [0.25, 0.3) is 0 Å². The fraction of sp³-hybridized carbons (Fsp3) is 0.0833. The minimum atomic E-state index is 0.657. The quantitative estimate of drug-likeness (QED) is 0.771. The maximum Gasteiger partial charge on any atom is 0.0589 e. The van der Waals surface area contributed by atoms with E-state index in [1.54, 1.807) is 6.20 Å². The first kappa shape index (κ1) is 10.5. The molecule has 1 heterocycles. The number of pyridine rings is 1. The summed E-state index contributed by atoms with van der Waals surface area (Å²) in [5.74, 6) is 0. The third kappa shape index (κ3) is 2.95. The van der Waals surface area contributed by atoms with Gasteiger partial charge >= 0.3 is 0 Å². The van der Waals surface area contributed by atoms with Crippen molar-refractivity contribution in [2.75, 3.05) is 0 Å². The molecule has 0 N–H and O–H groups in total. The van der Waals surface area contributed by atoms with Crippen molar-refractivity contribution in [1.82, 2.24) is 4.98 Å². The molecule has 0 unspecified atom stereocenters. The first-order chi connectivity index (χ1) is 7.24. The second kappa shape index (κ2) is 4.65. The third-order valence-electron chi connectivity index (χ3n) is 2.06. The summed E-state index contributed by atoms with van der Waals surface area (Å²) in [4.78, 5) is 4.23. The SMILES string of the molecule is Clc1ccc(Cc2cccc(Cl)c2)nc1. The van der Waals surface area contributed by atoms with Crippen molar-refractivity contribution in [3.05, 3.63) is 63.9 Å². The average molecular weight is 238 g/mol. The Morgan fingerprint density at radius 1 is 1.00 bits per heavy atom. The van der Waals surface area contributed by atoms with E-state index in [1.165, 1.54) is 0 Å². The van der Waals surface area contributed by atoms with Crippen LogP contribution >= 0.6 is 23.2 Å². The minimum absolute atomic E-state index is 0.657. The van der Waals surface area contributed by atoms with Gasteiger partial charge in [-0.2, -0.15) is 0 Å². The molecule has 0 amide bonds. The van der Waals surface area contributed by atoms with Gasteiger partial charge in [-0.25, -0.2) is 0 Å². The van der Waals surface area contributed by atoms with Gasteiger partial charge in [0.1, 0.15) is 0 Å². The summed E-state index contributed by atoms with van der Waals surface area (Å²) in [6, 6.07) is 11.5. The molecule has 0 bridgehead atoms. The Hall–Kier alpha value is -1.05. The van der Waals surface area contributed by atoms with E-state index in [0.29, 0.717) is 5.02 Å². The molecule has 2 rings (SSSR count).